The van der Waals surface area contributed by atoms with Gasteiger partial charge in [0.15, 0.2) is 0 Å². The summed E-state index contributed by atoms with van der Waals surface area (Å²) in [7, 11) is 0. The van der Waals surface area contributed by atoms with E-state index in [1.54, 1.807) is 0 Å². The molecule has 0 fully saturated rings. The van der Waals surface area contributed by atoms with E-state index in [1.165, 1.54) is 0 Å². The second kappa shape index (κ2) is 5.40. The molecule has 0 aromatic rings. The Morgan fingerprint density at radius 1 is 0.950 bits per heavy atom. The Labute approximate surface area is 104 Å². The van der Waals surface area contributed by atoms with Crippen molar-refractivity contribution >= 4 is 6.16 Å². The van der Waals surface area contributed by atoms with Crippen molar-refractivity contribution in [2.45, 2.75) is 24.1 Å². The van der Waals surface area contributed by atoms with E-state index in [0.717, 1.165) is 6.08 Å². The first-order valence-corrected chi connectivity index (χ1v) is 4.37. The van der Waals surface area contributed by atoms with Gasteiger partial charge in [0.05, 0.1) is 0 Å². The summed E-state index contributed by atoms with van der Waals surface area (Å²) < 4.78 is 116. The van der Waals surface area contributed by atoms with Crippen LogP contribution >= 0.6 is 0 Å². The molecule has 0 saturated heterocycles. The predicted octanol–water partition coefficient (Wildman–Crippen LogP) is 3.75. The SMILES string of the molecule is C=CCOC(=O)OC(F)(F)C(F)(F)C(F)(F)C(F)(F)F. The molecule has 0 aromatic heterocycles. The highest BCUT2D eigenvalue weighted by Crippen LogP contribution is 2.53. The van der Waals surface area contributed by atoms with Gasteiger partial charge in [-0.1, -0.05) is 12.7 Å². The van der Waals surface area contributed by atoms with Crippen molar-refractivity contribution in [3.63, 3.8) is 0 Å². The summed E-state index contributed by atoms with van der Waals surface area (Å²) >= 11 is 0. The van der Waals surface area contributed by atoms with Gasteiger partial charge in [0.2, 0.25) is 0 Å². The minimum Gasteiger partial charge on any atom is -0.430 e. The lowest BCUT2D eigenvalue weighted by Gasteiger charge is -2.32. The molecule has 0 saturated carbocycles. The molecule has 0 N–H and O–H groups in total. The average Bonchev–Trinajstić information content (AvgIpc) is 2.23. The van der Waals surface area contributed by atoms with Gasteiger partial charge in [-0.2, -0.15) is 39.5 Å². The number of hydrogen-bond donors (Lipinski definition) is 0. The van der Waals surface area contributed by atoms with Gasteiger partial charge < -0.3 is 9.47 Å². The standard InChI is InChI=1S/C8H5F9O3/c1-2-3-19-4(18)20-8(16,17)6(11,12)5(9,10)7(13,14)15/h2H,1,3H2. The van der Waals surface area contributed by atoms with E-state index < -0.39 is 36.9 Å². The molecule has 0 bridgehead atoms. The van der Waals surface area contributed by atoms with Crippen LogP contribution in [-0.4, -0.2) is 36.9 Å². The molecule has 3 nitrogen and oxygen atoms in total. The minimum absolute atomic E-state index is 0.766. The molecule has 0 atom stereocenters. The lowest BCUT2D eigenvalue weighted by molar-refractivity contribution is -0.434. The van der Waals surface area contributed by atoms with E-state index >= 15 is 0 Å². The fourth-order valence-corrected chi connectivity index (χ4v) is 0.686. The zero-order valence-electron chi connectivity index (χ0n) is 9.12. The summed E-state index contributed by atoms with van der Waals surface area (Å²) in [4.78, 5) is 10.4. The van der Waals surface area contributed by atoms with Crippen molar-refractivity contribution in [3.8, 4) is 0 Å². The molecule has 0 amide bonds. The number of carbonyl (C=O) groups excluding carboxylic acids is 1. The third kappa shape index (κ3) is 3.28. The Morgan fingerprint density at radius 3 is 1.75 bits per heavy atom. The molecule has 0 aliphatic rings. The Balaban J connectivity index is 5.26. The zero-order chi connectivity index (χ0) is 16.4. The molecule has 118 valence electrons. The third-order valence-corrected chi connectivity index (χ3v) is 1.65. The summed E-state index contributed by atoms with van der Waals surface area (Å²) in [5, 5.41) is 0. The largest absolute Gasteiger partial charge is 0.513 e. The number of ether oxygens (including phenoxy) is 2. The number of alkyl halides is 9. The fourth-order valence-electron chi connectivity index (χ4n) is 0.686. The summed E-state index contributed by atoms with van der Waals surface area (Å²) in [5.74, 6) is -14.2. The topological polar surface area (TPSA) is 35.5 Å². The fraction of sp³-hybridized carbons (Fsp3) is 0.625. The van der Waals surface area contributed by atoms with E-state index in [0.29, 0.717) is 0 Å². The van der Waals surface area contributed by atoms with Gasteiger partial charge in [-0.3, -0.25) is 0 Å². The van der Waals surface area contributed by atoms with Crippen molar-refractivity contribution in [2.75, 3.05) is 6.61 Å². The quantitative estimate of drug-likeness (QED) is 0.440. The van der Waals surface area contributed by atoms with E-state index in [-0.39, 0.29) is 0 Å². The first-order chi connectivity index (χ1) is 8.70. The smallest absolute Gasteiger partial charge is 0.430 e. The lowest BCUT2D eigenvalue weighted by atomic mass is 10.1. The number of rotatable bonds is 5. The maximum Gasteiger partial charge on any atom is 0.513 e. The molecular formula is C8H5F9O3. The first-order valence-electron chi connectivity index (χ1n) is 4.37. The third-order valence-electron chi connectivity index (χ3n) is 1.65. The van der Waals surface area contributed by atoms with E-state index in [2.05, 4.69) is 16.1 Å². The molecular weight excluding hydrogens is 315 g/mol. The van der Waals surface area contributed by atoms with Crippen molar-refractivity contribution in [1.82, 2.24) is 0 Å². The van der Waals surface area contributed by atoms with Crippen molar-refractivity contribution in [2.24, 2.45) is 0 Å². The molecule has 0 radical (unpaired) electrons. The number of hydrogen-bond acceptors (Lipinski definition) is 3. The molecule has 12 heteroatoms. The molecule has 0 spiro atoms. The van der Waals surface area contributed by atoms with Crippen molar-refractivity contribution in [1.29, 1.82) is 0 Å². The van der Waals surface area contributed by atoms with Crippen LogP contribution in [0.4, 0.5) is 44.3 Å². The van der Waals surface area contributed by atoms with Crippen LogP contribution in [0.5, 0.6) is 0 Å². The van der Waals surface area contributed by atoms with Crippen LogP contribution in [-0.2, 0) is 9.47 Å². The lowest BCUT2D eigenvalue weighted by Crippen LogP contribution is -2.62. The van der Waals surface area contributed by atoms with E-state index in [1.807, 2.05) is 0 Å². The van der Waals surface area contributed by atoms with Crippen molar-refractivity contribution in [3.05, 3.63) is 12.7 Å². The van der Waals surface area contributed by atoms with Gasteiger partial charge in [0.25, 0.3) is 0 Å². The highest BCUT2D eigenvalue weighted by atomic mass is 19.4. The Bertz CT molecular complexity index is 374. The molecule has 0 heterocycles. The summed E-state index contributed by atoms with van der Waals surface area (Å²) in [6, 6.07) is 0. The van der Waals surface area contributed by atoms with Crippen LogP contribution in [0.25, 0.3) is 0 Å². The Morgan fingerprint density at radius 2 is 1.40 bits per heavy atom. The van der Waals surface area contributed by atoms with Gasteiger partial charge in [-0.05, 0) is 0 Å². The van der Waals surface area contributed by atoms with E-state index in [4.69, 9.17) is 0 Å². The predicted molar refractivity (Wildman–Crippen MR) is 43.5 cm³/mol. The van der Waals surface area contributed by atoms with Crippen LogP contribution in [0.3, 0.4) is 0 Å². The van der Waals surface area contributed by atoms with Gasteiger partial charge in [0, 0.05) is 0 Å². The highest BCUT2D eigenvalue weighted by molar-refractivity contribution is 5.60. The zero-order valence-corrected chi connectivity index (χ0v) is 9.12. The average molecular weight is 320 g/mol. The second-order valence-corrected chi connectivity index (χ2v) is 3.12. The molecule has 0 unspecified atom stereocenters. The molecule has 0 aliphatic carbocycles. The van der Waals surface area contributed by atoms with Crippen LogP contribution in [0.2, 0.25) is 0 Å². The van der Waals surface area contributed by atoms with Gasteiger partial charge >= 0.3 is 30.3 Å². The second-order valence-electron chi connectivity index (χ2n) is 3.12. The van der Waals surface area contributed by atoms with Crippen LogP contribution < -0.4 is 0 Å². The highest BCUT2D eigenvalue weighted by Gasteiger charge is 2.84. The monoisotopic (exact) mass is 320 g/mol. The molecule has 0 aromatic carbocycles. The minimum atomic E-state index is -7.14. The van der Waals surface area contributed by atoms with Crippen LogP contribution in [0.1, 0.15) is 0 Å². The number of halogens is 9. The molecule has 0 aliphatic heterocycles. The Hall–Kier alpha value is -1.62. The van der Waals surface area contributed by atoms with Gasteiger partial charge in [-0.15, -0.1) is 0 Å². The summed E-state index contributed by atoms with van der Waals surface area (Å²) in [6.45, 7) is 2.09. The van der Waals surface area contributed by atoms with E-state index in [9.17, 15) is 44.3 Å². The maximum atomic E-state index is 12.6. The molecule has 20 heavy (non-hydrogen) atoms. The van der Waals surface area contributed by atoms with Crippen LogP contribution in [0, 0.1) is 0 Å². The maximum absolute atomic E-state index is 12.6. The summed E-state index contributed by atoms with van der Waals surface area (Å²) in [6.07, 6.45) is -15.3. The number of carbonyl (C=O) groups is 1. The Kier molecular flexibility index (Phi) is 4.96. The molecule has 0 rings (SSSR count). The normalized spacial score (nSPS) is 13.8. The first kappa shape index (κ1) is 18.4. The van der Waals surface area contributed by atoms with Crippen molar-refractivity contribution < 1.29 is 53.8 Å². The van der Waals surface area contributed by atoms with Gasteiger partial charge in [0.1, 0.15) is 6.61 Å². The van der Waals surface area contributed by atoms with Gasteiger partial charge in [-0.25, -0.2) is 4.79 Å². The van der Waals surface area contributed by atoms with Crippen LogP contribution in [0.15, 0.2) is 12.7 Å². The summed E-state index contributed by atoms with van der Waals surface area (Å²) in [5.41, 5.74) is 0.